The second-order valence-electron chi connectivity index (χ2n) is 12.2. The molecule has 1 nitrogen and oxygen atoms in total. The van der Waals surface area contributed by atoms with Crippen LogP contribution in [0.25, 0.3) is 0 Å². The molecule has 31 heavy (non-hydrogen) atoms. The zero-order chi connectivity index (χ0) is 23.1. The summed E-state index contributed by atoms with van der Waals surface area (Å²) in [6.45, 7) is 20.4. The first-order valence-electron chi connectivity index (χ1n) is 11.6. The third kappa shape index (κ3) is 5.32. The summed E-state index contributed by atoms with van der Waals surface area (Å²) in [5, 5.41) is 3.89. The van der Waals surface area contributed by atoms with E-state index in [1.165, 1.54) is 22.3 Å². The normalized spacial score (nSPS) is 19.8. The Kier molecular flexibility index (Phi) is 6.04. The standard InChI is InChI=1S/C30H41N/c1-27(2,3)22-10-12-25(13-11-22)30(20-18-24(19-21-30)29(7,8)9)31-26-16-14-23(15-17-26)28(4,5)6/h10-20,31H,21H2,1-9H3. The van der Waals surface area contributed by atoms with Crippen molar-refractivity contribution in [2.75, 3.05) is 5.32 Å². The van der Waals surface area contributed by atoms with Crippen molar-refractivity contribution >= 4 is 5.69 Å². The first-order valence-corrected chi connectivity index (χ1v) is 11.6. The zero-order valence-electron chi connectivity index (χ0n) is 21.1. The first-order chi connectivity index (χ1) is 14.2. The summed E-state index contributed by atoms with van der Waals surface area (Å²) in [5.74, 6) is 0. The Hall–Kier alpha value is -2.28. The largest absolute Gasteiger partial charge is 0.372 e. The van der Waals surface area contributed by atoms with E-state index >= 15 is 0 Å². The highest BCUT2D eigenvalue weighted by Gasteiger charge is 2.32. The topological polar surface area (TPSA) is 12.0 Å². The van der Waals surface area contributed by atoms with Crippen molar-refractivity contribution in [3.63, 3.8) is 0 Å². The summed E-state index contributed by atoms with van der Waals surface area (Å²) in [7, 11) is 0. The molecule has 2 aromatic carbocycles. The Balaban J connectivity index is 1.98. The molecule has 0 aromatic heterocycles. The molecule has 0 saturated heterocycles. The number of hydrogen-bond donors (Lipinski definition) is 1. The van der Waals surface area contributed by atoms with Crippen molar-refractivity contribution in [1.29, 1.82) is 0 Å². The molecule has 2 aromatic rings. The van der Waals surface area contributed by atoms with Gasteiger partial charge in [0, 0.05) is 5.69 Å². The van der Waals surface area contributed by atoms with Gasteiger partial charge >= 0.3 is 0 Å². The van der Waals surface area contributed by atoms with E-state index in [-0.39, 0.29) is 21.8 Å². The third-order valence-electron chi connectivity index (χ3n) is 6.44. The van der Waals surface area contributed by atoms with Crippen LogP contribution in [-0.2, 0) is 16.4 Å². The van der Waals surface area contributed by atoms with Crippen molar-refractivity contribution in [2.24, 2.45) is 5.41 Å². The molecular formula is C30H41N. The van der Waals surface area contributed by atoms with Gasteiger partial charge in [0.2, 0.25) is 0 Å². The number of hydrogen-bond acceptors (Lipinski definition) is 1. The summed E-state index contributed by atoms with van der Waals surface area (Å²) in [5.41, 5.74) is 6.83. The molecule has 0 heterocycles. The van der Waals surface area contributed by atoms with Crippen LogP contribution >= 0.6 is 0 Å². The highest BCUT2D eigenvalue weighted by atomic mass is 15.0. The van der Waals surface area contributed by atoms with E-state index < -0.39 is 0 Å². The SMILES string of the molecule is CC(C)(C)C1=CCC(Nc2ccc(C(C)(C)C)cc2)(c2ccc(C(C)(C)C)cc2)C=C1. The van der Waals surface area contributed by atoms with E-state index in [4.69, 9.17) is 0 Å². The summed E-state index contributed by atoms with van der Waals surface area (Å²) < 4.78 is 0. The van der Waals surface area contributed by atoms with E-state index in [0.29, 0.717) is 0 Å². The van der Waals surface area contributed by atoms with Gasteiger partial charge < -0.3 is 5.32 Å². The molecular weight excluding hydrogens is 374 g/mol. The molecule has 1 atom stereocenters. The second-order valence-corrected chi connectivity index (χ2v) is 12.2. The molecule has 0 amide bonds. The van der Waals surface area contributed by atoms with Gasteiger partial charge in [0.25, 0.3) is 0 Å². The number of anilines is 1. The minimum atomic E-state index is -0.242. The highest BCUT2D eigenvalue weighted by Crippen LogP contribution is 2.40. The average molecular weight is 416 g/mol. The number of benzene rings is 2. The molecule has 1 heteroatoms. The average Bonchev–Trinajstić information content (AvgIpc) is 2.67. The molecule has 0 spiro atoms. The Labute approximate surface area is 190 Å². The van der Waals surface area contributed by atoms with Crippen molar-refractivity contribution < 1.29 is 0 Å². The van der Waals surface area contributed by atoms with Gasteiger partial charge in [0.05, 0.1) is 5.54 Å². The quantitative estimate of drug-likeness (QED) is 0.529. The van der Waals surface area contributed by atoms with Gasteiger partial charge in [0.15, 0.2) is 0 Å². The molecule has 1 aliphatic rings. The summed E-state index contributed by atoms with van der Waals surface area (Å²) in [4.78, 5) is 0. The van der Waals surface area contributed by atoms with Crippen molar-refractivity contribution in [3.05, 3.63) is 89.0 Å². The number of nitrogens with one attached hydrogen (secondary N) is 1. The van der Waals surface area contributed by atoms with Crippen molar-refractivity contribution in [1.82, 2.24) is 0 Å². The Morgan fingerprint density at radius 1 is 0.645 bits per heavy atom. The fourth-order valence-electron chi connectivity index (χ4n) is 4.15. The Morgan fingerprint density at radius 3 is 1.52 bits per heavy atom. The maximum absolute atomic E-state index is 3.89. The predicted molar refractivity (Wildman–Crippen MR) is 137 cm³/mol. The van der Waals surface area contributed by atoms with Crippen LogP contribution in [0.5, 0.6) is 0 Å². The summed E-state index contributed by atoms with van der Waals surface area (Å²) in [6, 6.07) is 18.1. The van der Waals surface area contributed by atoms with Crippen LogP contribution < -0.4 is 5.32 Å². The van der Waals surface area contributed by atoms with Crippen LogP contribution in [0.15, 0.2) is 72.3 Å². The Bertz CT molecular complexity index is 952. The van der Waals surface area contributed by atoms with Gasteiger partial charge in [-0.1, -0.05) is 117 Å². The molecule has 3 rings (SSSR count). The summed E-state index contributed by atoms with van der Waals surface area (Å²) in [6.07, 6.45) is 8.04. The van der Waals surface area contributed by atoms with E-state index in [1.54, 1.807) is 0 Å². The predicted octanol–water partition coefficient (Wildman–Crippen LogP) is 8.52. The summed E-state index contributed by atoms with van der Waals surface area (Å²) >= 11 is 0. The maximum Gasteiger partial charge on any atom is 0.0847 e. The van der Waals surface area contributed by atoms with E-state index in [9.17, 15) is 0 Å². The van der Waals surface area contributed by atoms with Crippen LogP contribution in [0.1, 0.15) is 85.4 Å². The van der Waals surface area contributed by atoms with Gasteiger partial charge in [-0.15, -0.1) is 0 Å². The van der Waals surface area contributed by atoms with Crippen LogP contribution in [-0.4, -0.2) is 0 Å². The van der Waals surface area contributed by atoms with E-state index in [0.717, 1.165) is 12.1 Å². The van der Waals surface area contributed by atoms with Crippen LogP contribution in [0, 0.1) is 5.41 Å². The van der Waals surface area contributed by atoms with E-state index in [1.807, 2.05) is 0 Å². The molecule has 1 unspecified atom stereocenters. The zero-order valence-corrected chi connectivity index (χ0v) is 21.1. The number of allylic oxidation sites excluding steroid dienone is 2. The lowest BCUT2D eigenvalue weighted by Gasteiger charge is -2.37. The van der Waals surface area contributed by atoms with Crippen LogP contribution in [0.4, 0.5) is 5.69 Å². The molecule has 0 bridgehead atoms. The van der Waals surface area contributed by atoms with Crippen molar-refractivity contribution in [3.8, 4) is 0 Å². The third-order valence-corrected chi connectivity index (χ3v) is 6.44. The van der Waals surface area contributed by atoms with Crippen molar-refractivity contribution in [2.45, 2.75) is 85.1 Å². The van der Waals surface area contributed by atoms with Gasteiger partial charge in [-0.2, -0.15) is 0 Å². The molecule has 0 saturated carbocycles. The lowest BCUT2D eigenvalue weighted by atomic mass is 9.75. The lowest BCUT2D eigenvalue weighted by molar-refractivity contribution is 0.499. The monoisotopic (exact) mass is 415 g/mol. The number of rotatable bonds is 3. The van der Waals surface area contributed by atoms with Gasteiger partial charge in [-0.3, -0.25) is 0 Å². The van der Waals surface area contributed by atoms with Crippen LogP contribution in [0.3, 0.4) is 0 Å². The maximum atomic E-state index is 3.89. The molecule has 0 fully saturated rings. The Morgan fingerprint density at radius 2 is 1.13 bits per heavy atom. The molecule has 1 aliphatic carbocycles. The lowest BCUT2D eigenvalue weighted by Crippen LogP contribution is -2.35. The fourth-order valence-corrected chi connectivity index (χ4v) is 4.15. The van der Waals surface area contributed by atoms with Gasteiger partial charge in [-0.25, -0.2) is 0 Å². The second kappa shape index (κ2) is 8.01. The minimum Gasteiger partial charge on any atom is -0.372 e. The molecule has 166 valence electrons. The first kappa shape index (κ1) is 23.4. The van der Waals surface area contributed by atoms with Gasteiger partial charge in [0.1, 0.15) is 0 Å². The molecule has 0 radical (unpaired) electrons. The smallest absolute Gasteiger partial charge is 0.0847 e. The van der Waals surface area contributed by atoms with E-state index in [2.05, 4.69) is 134 Å². The molecule has 0 aliphatic heterocycles. The highest BCUT2D eigenvalue weighted by molar-refractivity contribution is 5.54. The van der Waals surface area contributed by atoms with Gasteiger partial charge in [-0.05, 0) is 57.1 Å². The van der Waals surface area contributed by atoms with Crippen LogP contribution in [0.2, 0.25) is 0 Å². The minimum absolute atomic E-state index is 0.156. The fraction of sp³-hybridized carbons (Fsp3) is 0.467. The molecule has 1 N–H and O–H groups in total.